The van der Waals surface area contributed by atoms with E-state index in [0.717, 1.165) is 10.5 Å². The normalized spacial score (nSPS) is 20.3. The number of H-pyrrole nitrogens is 1. The highest BCUT2D eigenvalue weighted by atomic mass is 32.1. The molecule has 0 aliphatic heterocycles. The summed E-state index contributed by atoms with van der Waals surface area (Å²) in [5.41, 5.74) is 1.72. The number of rotatable bonds is 2. The third-order valence-corrected chi connectivity index (χ3v) is 4.34. The molecule has 2 nitrogen and oxygen atoms in total. The molecule has 1 fully saturated rings. The van der Waals surface area contributed by atoms with E-state index in [-0.39, 0.29) is 0 Å². The van der Waals surface area contributed by atoms with Gasteiger partial charge in [0.1, 0.15) is 10.5 Å². The number of aromatic amines is 1. The molecule has 0 bridgehead atoms. The minimum absolute atomic E-state index is 0.480. The smallest absolute Gasteiger partial charge is 0.130 e. The molecular formula is C15H24N2S. The largest absolute Gasteiger partial charge is 0.347 e. The number of nitrogens with one attached hydrogen (secondary N) is 1. The molecule has 1 heterocycles. The number of aromatic nitrogens is 2. The number of hydrogen-bond donors (Lipinski definition) is 1. The summed E-state index contributed by atoms with van der Waals surface area (Å²) in [7, 11) is 0. The Morgan fingerprint density at radius 3 is 2.50 bits per heavy atom. The molecule has 0 saturated heterocycles. The zero-order valence-corrected chi connectivity index (χ0v) is 12.7. The van der Waals surface area contributed by atoms with Gasteiger partial charge in [-0.3, -0.25) is 0 Å². The van der Waals surface area contributed by atoms with Gasteiger partial charge in [0.25, 0.3) is 0 Å². The molecular weight excluding hydrogens is 240 g/mol. The minimum Gasteiger partial charge on any atom is -0.347 e. The Bertz CT molecular complexity index is 464. The predicted octanol–water partition coefficient (Wildman–Crippen LogP) is 4.95. The van der Waals surface area contributed by atoms with Crippen molar-refractivity contribution >= 4 is 12.2 Å². The van der Waals surface area contributed by atoms with Gasteiger partial charge in [0.15, 0.2) is 0 Å². The fourth-order valence-electron chi connectivity index (χ4n) is 2.67. The molecule has 1 aliphatic carbocycles. The highest BCUT2D eigenvalue weighted by Crippen LogP contribution is 2.41. The van der Waals surface area contributed by atoms with Crippen LogP contribution < -0.4 is 0 Å². The highest BCUT2D eigenvalue weighted by molar-refractivity contribution is 7.71. The predicted molar refractivity (Wildman–Crippen MR) is 78.5 cm³/mol. The minimum atomic E-state index is 0.480. The van der Waals surface area contributed by atoms with E-state index in [4.69, 9.17) is 12.2 Å². The molecule has 100 valence electrons. The maximum absolute atomic E-state index is 5.29. The van der Waals surface area contributed by atoms with Crippen LogP contribution in [0.15, 0.2) is 6.07 Å². The second-order valence-corrected chi connectivity index (χ2v) is 7.07. The van der Waals surface area contributed by atoms with Crippen molar-refractivity contribution in [2.45, 2.75) is 65.2 Å². The molecule has 18 heavy (non-hydrogen) atoms. The van der Waals surface area contributed by atoms with Gasteiger partial charge in [0.05, 0.1) is 0 Å². The maximum Gasteiger partial charge on any atom is 0.130 e. The van der Waals surface area contributed by atoms with Crippen molar-refractivity contribution in [3.63, 3.8) is 0 Å². The first-order valence-corrected chi connectivity index (χ1v) is 7.39. The summed E-state index contributed by atoms with van der Waals surface area (Å²) < 4.78 is 0.734. The van der Waals surface area contributed by atoms with Crippen LogP contribution in [0, 0.1) is 10.1 Å². The van der Waals surface area contributed by atoms with E-state index >= 15 is 0 Å². The molecule has 1 N–H and O–H groups in total. The van der Waals surface area contributed by atoms with Crippen LogP contribution in [0.4, 0.5) is 0 Å². The lowest BCUT2D eigenvalue weighted by molar-refractivity contribution is 0.220. The van der Waals surface area contributed by atoms with Gasteiger partial charge in [0.2, 0.25) is 0 Å². The van der Waals surface area contributed by atoms with Crippen LogP contribution in [0.2, 0.25) is 0 Å². The molecule has 1 saturated carbocycles. The second kappa shape index (κ2) is 5.12. The van der Waals surface area contributed by atoms with E-state index in [2.05, 4.69) is 37.7 Å². The van der Waals surface area contributed by atoms with E-state index in [1.165, 1.54) is 31.4 Å². The molecule has 1 aromatic rings. The average Bonchev–Trinajstić information content (AvgIpc) is 2.28. The SMILES string of the molecule is CC(C)c1cc(=S)nc(C2CCC(C)(C)CC2)[nH]1. The summed E-state index contributed by atoms with van der Waals surface area (Å²) in [6, 6.07) is 2.00. The van der Waals surface area contributed by atoms with Gasteiger partial charge >= 0.3 is 0 Å². The molecule has 2 rings (SSSR count). The zero-order chi connectivity index (χ0) is 13.3. The van der Waals surface area contributed by atoms with Crippen LogP contribution in [0.1, 0.15) is 76.7 Å². The summed E-state index contributed by atoms with van der Waals surface area (Å²) >= 11 is 5.29. The summed E-state index contributed by atoms with van der Waals surface area (Å²) in [5, 5.41) is 0. The quantitative estimate of drug-likeness (QED) is 0.766. The Hall–Kier alpha value is -0.700. The Morgan fingerprint density at radius 2 is 1.94 bits per heavy atom. The molecule has 0 amide bonds. The van der Waals surface area contributed by atoms with Crippen LogP contribution in [0.5, 0.6) is 0 Å². The van der Waals surface area contributed by atoms with Gasteiger partial charge in [-0.05, 0) is 43.1 Å². The van der Waals surface area contributed by atoms with Gasteiger partial charge in [0, 0.05) is 11.6 Å². The van der Waals surface area contributed by atoms with E-state index < -0.39 is 0 Å². The van der Waals surface area contributed by atoms with Gasteiger partial charge in [-0.2, -0.15) is 0 Å². The fourth-order valence-corrected chi connectivity index (χ4v) is 2.90. The first-order chi connectivity index (χ1) is 8.37. The van der Waals surface area contributed by atoms with Gasteiger partial charge in [-0.1, -0.05) is 39.9 Å². The molecule has 0 aromatic carbocycles. The lowest BCUT2D eigenvalue weighted by Crippen LogP contribution is -2.21. The van der Waals surface area contributed by atoms with E-state index in [9.17, 15) is 0 Å². The van der Waals surface area contributed by atoms with Crippen molar-refractivity contribution in [1.29, 1.82) is 0 Å². The molecule has 0 spiro atoms. The van der Waals surface area contributed by atoms with Crippen molar-refractivity contribution in [1.82, 2.24) is 9.97 Å². The van der Waals surface area contributed by atoms with Crippen LogP contribution in [0.3, 0.4) is 0 Å². The van der Waals surface area contributed by atoms with E-state index in [1.807, 2.05) is 6.07 Å². The Labute approximate surface area is 115 Å². The molecule has 0 unspecified atom stereocenters. The van der Waals surface area contributed by atoms with Crippen molar-refractivity contribution < 1.29 is 0 Å². The third-order valence-electron chi connectivity index (χ3n) is 4.13. The Morgan fingerprint density at radius 1 is 1.33 bits per heavy atom. The standard InChI is InChI=1S/C15H24N2S/c1-10(2)12-9-13(18)17-14(16-12)11-5-7-15(3,4)8-6-11/h9-11H,5-8H2,1-4H3,(H,16,17,18). The fraction of sp³-hybridized carbons (Fsp3) is 0.733. The molecule has 3 heteroatoms. The Balaban J connectivity index is 2.21. The summed E-state index contributed by atoms with van der Waals surface area (Å²) in [5.74, 6) is 2.16. The second-order valence-electron chi connectivity index (χ2n) is 6.65. The van der Waals surface area contributed by atoms with Crippen molar-refractivity contribution in [3.05, 3.63) is 22.2 Å². The van der Waals surface area contributed by atoms with Crippen LogP contribution in [-0.2, 0) is 0 Å². The topological polar surface area (TPSA) is 28.7 Å². The van der Waals surface area contributed by atoms with Crippen LogP contribution in [-0.4, -0.2) is 9.97 Å². The molecule has 0 atom stereocenters. The number of hydrogen-bond acceptors (Lipinski definition) is 2. The maximum atomic E-state index is 5.29. The zero-order valence-electron chi connectivity index (χ0n) is 11.9. The molecule has 0 radical (unpaired) electrons. The lowest BCUT2D eigenvalue weighted by atomic mass is 9.73. The average molecular weight is 264 g/mol. The highest BCUT2D eigenvalue weighted by Gasteiger charge is 2.28. The molecule has 1 aliphatic rings. The summed E-state index contributed by atoms with van der Waals surface area (Å²) in [4.78, 5) is 8.05. The monoisotopic (exact) mass is 264 g/mol. The van der Waals surface area contributed by atoms with Gasteiger partial charge < -0.3 is 4.98 Å². The lowest BCUT2D eigenvalue weighted by Gasteiger charge is -2.34. The van der Waals surface area contributed by atoms with Crippen molar-refractivity contribution in [2.75, 3.05) is 0 Å². The summed E-state index contributed by atoms with van der Waals surface area (Å²) in [6.45, 7) is 9.11. The van der Waals surface area contributed by atoms with Crippen molar-refractivity contribution in [2.24, 2.45) is 5.41 Å². The van der Waals surface area contributed by atoms with Crippen molar-refractivity contribution in [3.8, 4) is 0 Å². The van der Waals surface area contributed by atoms with Crippen LogP contribution >= 0.6 is 12.2 Å². The van der Waals surface area contributed by atoms with E-state index in [0.29, 0.717) is 17.3 Å². The first-order valence-electron chi connectivity index (χ1n) is 6.98. The first kappa shape index (κ1) is 13.7. The number of nitrogens with zero attached hydrogens (tertiary/aromatic N) is 1. The van der Waals surface area contributed by atoms with Crippen LogP contribution in [0.25, 0.3) is 0 Å². The Kier molecular flexibility index (Phi) is 3.90. The van der Waals surface area contributed by atoms with E-state index in [1.54, 1.807) is 0 Å². The third kappa shape index (κ3) is 3.19. The van der Waals surface area contributed by atoms with Gasteiger partial charge in [-0.15, -0.1) is 0 Å². The van der Waals surface area contributed by atoms with Gasteiger partial charge in [-0.25, -0.2) is 4.98 Å². The molecule has 1 aromatic heterocycles. The summed E-state index contributed by atoms with van der Waals surface area (Å²) in [6.07, 6.45) is 5.03.